The minimum absolute atomic E-state index is 0.166. The fourth-order valence-corrected chi connectivity index (χ4v) is 1.93. The zero-order chi connectivity index (χ0) is 9.97. The summed E-state index contributed by atoms with van der Waals surface area (Å²) in [5.74, 6) is -0.166. The third-order valence-electron chi connectivity index (χ3n) is 2.78. The molecule has 1 saturated heterocycles. The number of benzene rings is 1. The van der Waals surface area contributed by atoms with Crippen molar-refractivity contribution in [2.24, 2.45) is 5.73 Å². The average Bonchev–Trinajstić information content (AvgIpc) is 2.12. The predicted molar refractivity (Wildman–Crippen MR) is 55.8 cm³/mol. The summed E-state index contributed by atoms with van der Waals surface area (Å²) in [6.45, 7) is 1.73. The zero-order valence-electron chi connectivity index (χ0n) is 8.12. The smallest absolute Gasteiger partial charge is 0.125 e. The van der Waals surface area contributed by atoms with Crippen LogP contribution in [0.15, 0.2) is 24.3 Å². The van der Waals surface area contributed by atoms with Gasteiger partial charge in [0.2, 0.25) is 0 Å². The number of anilines is 1. The Morgan fingerprint density at radius 3 is 2.93 bits per heavy atom. The van der Waals surface area contributed by atoms with E-state index >= 15 is 0 Å². The third-order valence-corrected chi connectivity index (χ3v) is 2.78. The average molecular weight is 194 g/mol. The molecule has 1 fully saturated rings. The molecule has 0 spiro atoms. The van der Waals surface area contributed by atoms with Gasteiger partial charge in [-0.2, -0.15) is 0 Å². The molecule has 1 aromatic carbocycles. The van der Waals surface area contributed by atoms with Gasteiger partial charge in [0.25, 0.3) is 0 Å². The number of nitrogens with zero attached hydrogens (tertiary/aromatic N) is 1. The Balaban J connectivity index is 2.08. The van der Waals surface area contributed by atoms with Crippen molar-refractivity contribution in [3.8, 4) is 0 Å². The van der Waals surface area contributed by atoms with Gasteiger partial charge in [0.05, 0.1) is 0 Å². The largest absolute Gasteiger partial charge is 0.368 e. The lowest BCUT2D eigenvalue weighted by Crippen LogP contribution is -2.48. The number of hydrogen-bond donors (Lipinski definition) is 1. The van der Waals surface area contributed by atoms with E-state index in [-0.39, 0.29) is 5.82 Å². The second kappa shape index (κ2) is 3.96. The van der Waals surface area contributed by atoms with E-state index < -0.39 is 0 Å². The molecule has 1 unspecified atom stereocenters. The molecule has 1 aliphatic heterocycles. The van der Waals surface area contributed by atoms with Crippen LogP contribution >= 0.6 is 0 Å². The van der Waals surface area contributed by atoms with Crippen molar-refractivity contribution in [3.05, 3.63) is 30.1 Å². The minimum Gasteiger partial charge on any atom is -0.368 e. The summed E-state index contributed by atoms with van der Waals surface area (Å²) in [6.07, 6.45) is 2.17. The van der Waals surface area contributed by atoms with Crippen LogP contribution in [0.3, 0.4) is 0 Å². The van der Waals surface area contributed by atoms with Crippen LogP contribution in [0.2, 0.25) is 0 Å². The molecule has 0 radical (unpaired) electrons. The van der Waals surface area contributed by atoms with E-state index in [9.17, 15) is 4.39 Å². The first-order chi connectivity index (χ1) is 6.81. The normalized spacial score (nSPS) is 20.7. The van der Waals surface area contributed by atoms with E-state index in [1.807, 2.05) is 6.07 Å². The molecular weight excluding hydrogens is 179 g/mol. The topological polar surface area (TPSA) is 29.3 Å². The number of nitrogens with two attached hydrogens (primary N) is 1. The van der Waals surface area contributed by atoms with Gasteiger partial charge in [-0.15, -0.1) is 0 Å². The first-order valence-corrected chi connectivity index (χ1v) is 5.03. The molecule has 0 aromatic heterocycles. The monoisotopic (exact) mass is 194 g/mol. The summed E-state index contributed by atoms with van der Waals surface area (Å²) in [5.41, 5.74) is 6.49. The van der Waals surface area contributed by atoms with Crippen LogP contribution in [0.25, 0.3) is 0 Å². The first-order valence-electron chi connectivity index (χ1n) is 5.03. The lowest BCUT2D eigenvalue weighted by Gasteiger charge is -2.43. The molecule has 0 bridgehead atoms. The third kappa shape index (κ3) is 1.73. The zero-order valence-corrected chi connectivity index (χ0v) is 8.12. The molecule has 0 saturated carbocycles. The molecule has 76 valence electrons. The van der Waals surface area contributed by atoms with Gasteiger partial charge in [-0.3, -0.25) is 0 Å². The van der Waals surface area contributed by atoms with Gasteiger partial charge in [0.1, 0.15) is 5.82 Å². The van der Waals surface area contributed by atoms with Crippen molar-refractivity contribution in [1.29, 1.82) is 0 Å². The molecule has 1 heterocycles. The molecule has 0 amide bonds. The van der Waals surface area contributed by atoms with E-state index in [0.29, 0.717) is 12.6 Å². The summed E-state index contributed by atoms with van der Waals surface area (Å²) in [5, 5.41) is 0. The maximum absolute atomic E-state index is 12.9. The van der Waals surface area contributed by atoms with Gasteiger partial charge in [-0.05, 0) is 37.6 Å². The van der Waals surface area contributed by atoms with E-state index in [4.69, 9.17) is 5.73 Å². The van der Waals surface area contributed by atoms with E-state index in [0.717, 1.165) is 18.7 Å². The Hall–Kier alpha value is -1.09. The van der Waals surface area contributed by atoms with Crippen molar-refractivity contribution in [3.63, 3.8) is 0 Å². The Morgan fingerprint density at radius 2 is 2.36 bits per heavy atom. The SMILES string of the molecule is NCCC1CCN1c1cccc(F)c1. The van der Waals surface area contributed by atoms with Gasteiger partial charge >= 0.3 is 0 Å². The molecule has 3 heteroatoms. The molecular formula is C11H15FN2. The van der Waals surface area contributed by atoms with E-state index in [2.05, 4.69) is 4.90 Å². The second-order valence-corrected chi connectivity index (χ2v) is 3.69. The fraction of sp³-hybridized carbons (Fsp3) is 0.455. The molecule has 2 nitrogen and oxygen atoms in total. The van der Waals surface area contributed by atoms with Gasteiger partial charge in [-0.1, -0.05) is 6.07 Å². The molecule has 1 atom stereocenters. The van der Waals surface area contributed by atoms with Crippen LogP contribution in [0.1, 0.15) is 12.8 Å². The Kier molecular flexibility index (Phi) is 2.68. The summed E-state index contributed by atoms with van der Waals surface area (Å²) in [6, 6.07) is 7.28. The quantitative estimate of drug-likeness (QED) is 0.794. The summed E-state index contributed by atoms with van der Waals surface area (Å²) in [4.78, 5) is 2.22. The second-order valence-electron chi connectivity index (χ2n) is 3.69. The van der Waals surface area contributed by atoms with Crippen molar-refractivity contribution < 1.29 is 4.39 Å². The lowest BCUT2D eigenvalue weighted by molar-refractivity contribution is 0.427. The highest BCUT2D eigenvalue weighted by atomic mass is 19.1. The highest BCUT2D eigenvalue weighted by molar-refractivity contribution is 5.49. The van der Waals surface area contributed by atoms with Crippen LogP contribution in [0.5, 0.6) is 0 Å². The summed E-state index contributed by atoms with van der Waals surface area (Å²) in [7, 11) is 0. The molecule has 0 aliphatic carbocycles. The molecule has 2 rings (SSSR count). The van der Waals surface area contributed by atoms with Crippen LogP contribution in [0, 0.1) is 5.82 Å². The van der Waals surface area contributed by atoms with Crippen LogP contribution in [-0.2, 0) is 0 Å². The van der Waals surface area contributed by atoms with Gasteiger partial charge < -0.3 is 10.6 Å². The summed E-state index contributed by atoms with van der Waals surface area (Å²) >= 11 is 0. The van der Waals surface area contributed by atoms with Crippen molar-refractivity contribution in [1.82, 2.24) is 0 Å². The van der Waals surface area contributed by atoms with Crippen molar-refractivity contribution in [2.75, 3.05) is 18.0 Å². The Morgan fingerprint density at radius 1 is 1.50 bits per heavy atom. The molecule has 2 N–H and O–H groups in total. The van der Waals surface area contributed by atoms with E-state index in [1.54, 1.807) is 12.1 Å². The molecule has 1 aromatic rings. The summed E-state index contributed by atoms with van der Waals surface area (Å²) < 4.78 is 12.9. The first kappa shape index (κ1) is 9.46. The van der Waals surface area contributed by atoms with Crippen LogP contribution in [0.4, 0.5) is 10.1 Å². The highest BCUT2D eigenvalue weighted by Gasteiger charge is 2.27. The van der Waals surface area contributed by atoms with Gasteiger partial charge in [0, 0.05) is 18.3 Å². The maximum atomic E-state index is 12.9. The maximum Gasteiger partial charge on any atom is 0.125 e. The fourth-order valence-electron chi connectivity index (χ4n) is 1.93. The Bertz CT molecular complexity index is 314. The van der Waals surface area contributed by atoms with E-state index in [1.165, 1.54) is 12.5 Å². The molecule has 14 heavy (non-hydrogen) atoms. The predicted octanol–water partition coefficient (Wildman–Crippen LogP) is 1.75. The van der Waals surface area contributed by atoms with Crippen molar-refractivity contribution in [2.45, 2.75) is 18.9 Å². The number of rotatable bonds is 3. The number of halogens is 1. The molecule has 1 aliphatic rings. The van der Waals surface area contributed by atoms with Crippen LogP contribution in [-0.4, -0.2) is 19.1 Å². The van der Waals surface area contributed by atoms with Crippen LogP contribution < -0.4 is 10.6 Å². The van der Waals surface area contributed by atoms with Crippen molar-refractivity contribution >= 4 is 5.69 Å². The van der Waals surface area contributed by atoms with Gasteiger partial charge in [0.15, 0.2) is 0 Å². The highest BCUT2D eigenvalue weighted by Crippen LogP contribution is 2.28. The lowest BCUT2D eigenvalue weighted by atomic mass is 9.98. The number of hydrogen-bond acceptors (Lipinski definition) is 2. The van der Waals surface area contributed by atoms with Gasteiger partial charge in [-0.25, -0.2) is 4.39 Å². The Labute approximate surface area is 83.5 Å². The minimum atomic E-state index is -0.166. The standard InChI is InChI=1S/C11H15FN2/c12-9-2-1-3-11(8-9)14-7-5-10(14)4-6-13/h1-3,8,10H,4-7,13H2.